The number of methoxy groups -OCH3 is 1. The molecule has 1 N–H and O–H groups in total. The average molecular weight is 323 g/mol. The van der Waals surface area contributed by atoms with Crippen LogP contribution in [0.3, 0.4) is 0 Å². The summed E-state index contributed by atoms with van der Waals surface area (Å²) in [6.07, 6.45) is 2.72. The van der Waals surface area contributed by atoms with Gasteiger partial charge in [-0.25, -0.2) is 0 Å². The SMILES string of the molecule is COc1ccc2c(c1)/C(=C\c1ccc3c(c1)OCCCO3)C(=O)N2. The van der Waals surface area contributed by atoms with Gasteiger partial charge in [-0.05, 0) is 42.0 Å². The number of hydrogen-bond acceptors (Lipinski definition) is 4. The first-order valence-corrected chi connectivity index (χ1v) is 7.86. The fourth-order valence-corrected chi connectivity index (χ4v) is 2.87. The van der Waals surface area contributed by atoms with Gasteiger partial charge in [0.05, 0.1) is 20.3 Å². The van der Waals surface area contributed by atoms with Crippen LogP contribution in [0, 0.1) is 0 Å². The standard InChI is InChI=1S/C19H17NO4/c1-22-13-4-5-16-14(11-13)15(19(21)20-16)9-12-3-6-17-18(10-12)24-8-2-7-23-17/h3-6,9-11H,2,7-8H2,1H3,(H,20,21)/b15-9+. The maximum absolute atomic E-state index is 12.3. The molecule has 2 aromatic rings. The molecule has 0 saturated carbocycles. The second-order valence-electron chi connectivity index (χ2n) is 5.68. The van der Waals surface area contributed by atoms with E-state index in [-0.39, 0.29) is 5.91 Å². The summed E-state index contributed by atoms with van der Waals surface area (Å²) in [6, 6.07) is 11.2. The third kappa shape index (κ3) is 2.58. The molecule has 24 heavy (non-hydrogen) atoms. The average Bonchev–Trinajstić information content (AvgIpc) is 2.76. The van der Waals surface area contributed by atoms with Crippen LogP contribution in [0.25, 0.3) is 11.6 Å². The van der Waals surface area contributed by atoms with Gasteiger partial charge in [-0.15, -0.1) is 0 Å². The van der Waals surface area contributed by atoms with Crippen molar-refractivity contribution in [2.75, 3.05) is 25.6 Å². The van der Waals surface area contributed by atoms with E-state index in [1.54, 1.807) is 7.11 Å². The Kier molecular flexibility index (Phi) is 3.61. The van der Waals surface area contributed by atoms with E-state index in [1.807, 2.05) is 42.5 Å². The zero-order valence-corrected chi connectivity index (χ0v) is 13.3. The van der Waals surface area contributed by atoms with Gasteiger partial charge in [0.25, 0.3) is 5.91 Å². The van der Waals surface area contributed by atoms with Crippen molar-refractivity contribution < 1.29 is 19.0 Å². The van der Waals surface area contributed by atoms with E-state index in [0.29, 0.717) is 24.5 Å². The summed E-state index contributed by atoms with van der Waals surface area (Å²) < 4.78 is 16.6. The zero-order valence-electron chi connectivity index (χ0n) is 13.3. The second kappa shape index (κ2) is 5.92. The Balaban J connectivity index is 1.74. The minimum atomic E-state index is -0.120. The third-order valence-electron chi connectivity index (χ3n) is 4.09. The second-order valence-corrected chi connectivity index (χ2v) is 5.68. The number of carbonyl (C=O) groups is 1. The van der Waals surface area contributed by atoms with Crippen molar-refractivity contribution >= 4 is 23.2 Å². The molecule has 122 valence electrons. The van der Waals surface area contributed by atoms with Gasteiger partial charge >= 0.3 is 0 Å². The molecule has 0 atom stereocenters. The molecule has 0 fully saturated rings. The molecule has 0 radical (unpaired) electrons. The molecule has 5 heteroatoms. The Morgan fingerprint density at radius 3 is 2.75 bits per heavy atom. The lowest BCUT2D eigenvalue weighted by molar-refractivity contribution is -0.110. The van der Waals surface area contributed by atoms with Gasteiger partial charge in [-0.3, -0.25) is 4.79 Å². The van der Waals surface area contributed by atoms with Crippen molar-refractivity contribution in [3.63, 3.8) is 0 Å². The van der Waals surface area contributed by atoms with E-state index >= 15 is 0 Å². The predicted octanol–water partition coefficient (Wildman–Crippen LogP) is 3.35. The molecule has 2 heterocycles. The summed E-state index contributed by atoms with van der Waals surface area (Å²) in [4.78, 5) is 12.3. The highest BCUT2D eigenvalue weighted by Gasteiger charge is 2.24. The number of fused-ring (bicyclic) bond motifs is 2. The molecule has 4 rings (SSSR count). The van der Waals surface area contributed by atoms with E-state index in [4.69, 9.17) is 14.2 Å². The number of hydrogen-bond donors (Lipinski definition) is 1. The summed E-state index contributed by atoms with van der Waals surface area (Å²) in [5.74, 6) is 2.05. The van der Waals surface area contributed by atoms with Crippen LogP contribution in [0.4, 0.5) is 5.69 Å². The van der Waals surface area contributed by atoms with Crippen LogP contribution in [0.15, 0.2) is 36.4 Å². The molecule has 2 aliphatic rings. The first kappa shape index (κ1) is 14.6. The van der Waals surface area contributed by atoms with Gasteiger partial charge in [0.15, 0.2) is 11.5 Å². The molecule has 0 aliphatic carbocycles. The molecule has 2 aliphatic heterocycles. The molecule has 0 unspecified atom stereocenters. The van der Waals surface area contributed by atoms with Crippen molar-refractivity contribution in [1.29, 1.82) is 0 Å². The highest BCUT2D eigenvalue weighted by molar-refractivity contribution is 6.35. The van der Waals surface area contributed by atoms with Crippen LogP contribution in [0.1, 0.15) is 17.5 Å². The number of nitrogens with one attached hydrogen (secondary N) is 1. The monoisotopic (exact) mass is 323 g/mol. The van der Waals surface area contributed by atoms with Crippen molar-refractivity contribution in [2.24, 2.45) is 0 Å². The lowest BCUT2D eigenvalue weighted by Crippen LogP contribution is -2.03. The van der Waals surface area contributed by atoms with Crippen molar-refractivity contribution in [2.45, 2.75) is 6.42 Å². The fraction of sp³-hybridized carbons (Fsp3) is 0.211. The minimum absolute atomic E-state index is 0.120. The Hall–Kier alpha value is -2.95. The highest BCUT2D eigenvalue weighted by atomic mass is 16.5. The van der Waals surface area contributed by atoms with Crippen LogP contribution in [0.5, 0.6) is 17.2 Å². The quantitative estimate of drug-likeness (QED) is 0.861. The maximum Gasteiger partial charge on any atom is 0.256 e. The third-order valence-corrected chi connectivity index (χ3v) is 4.09. The van der Waals surface area contributed by atoms with Gasteiger partial charge in [-0.1, -0.05) is 6.07 Å². The molecule has 5 nitrogen and oxygen atoms in total. The summed E-state index contributed by atoms with van der Waals surface area (Å²) in [7, 11) is 1.61. The number of anilines is 1. The number of rotatable bonds is 2. The van der Waals surface area contributed by atoms with E-state index in [9.17, 15) is 4.79 Å². The van der Waals surface area contributed by atoms with Gasteiger partial charge in [0, 0.05) is 23.2 Å². The lowest BCUT2D eigenvalue weighted by Gasteiger charge is -2.08. The lowest BCUT2D eigenvalue weighted by atomic mass is 10.0. The normalized spacial score (nSPS) is 17.2. The number of carbonyl (C=O) groups excluding carboxylic acids is 1. The zero-order chi connectivity index (χ0) is 16.5. The van der Waals surface area contributed by atoms with Crippen molar-refractivity contribution in [3.05, 3.63) is 47.5 Å². The maximum atomic E-state index is 12.3. The largest absolute Gasteiger partial charge is 0.497 e. The van der Waals surface area contributed by atoms with E-state index in [2.05, 4.69) is 5.32 Å². The van der Waals surface area contributed by atoms with Gasteiger partial charge in [0.1, 0.15) is 5.75 Å². The smallest absolute Gasteiger partial charge is 0.256 e. The van der Waals surface area contributed by atoms with Crippen molar-refractivity contribution in [1.82, 2.24) is 0 Å². The molecule has 0 saturated heterocycles. The summed E-state index contributed by atoms with van der Waals surface area (Å²) in [6.45, 7) is 1.29. The molecule has 2 aromatic carbocycles. The first-order chi connectivity index (χ1) is 11.7. The van der Waals surface area contributed by atoms with Gasteiger partial charge < -0.3 is 19.5 Å². The Labute approximate surface area is 139 Å². The molecule has 0 bridgehead atoms. The van der Waals surface area contributed by atoms with Crippen LogP contribution < -0.4 is 19.5 Å². The van der Waals surface area contributed by atoms with Crippen LogP contribution >= 0.6 is 0 Å². The molecule has 1 amide bonds. The van der Waals surface area contributed by atoms with Crippen LogP contribution in [-0.2, 0) is 4.79 Å². The van der Waals surface area contributed by atoms with E-state index < -0.39 is 0 Å². The fourth-order valence-electron chi connectivity index (χ4n) is 2.87. The topological polar surface area (TPSA) is 56.8 Å². The number of benzene rings is 2. The van der Waals surface area contributed by atoms with E-state index in [0.717, 1.165) is 34.7 Å². The van der Waals surface area contributed by atoms with Crippen LogP contribution in [0.2, 0.25) is 0 Å². The molecule has 0 spiro atoms. The van der Waals surface area contributed by atoms with Crippen LogP contribution in [-0.4, -0.2) is 26.2 Å². The highest BCUT2D eigenvalue weighted by Crippen LogP contribution is 2.37. The Morgan fingerprint density at radius 1 is 1.08 bits per heavy atom. The predicted molar refractivity (Wildman–Crippen MR) is 91.5 cm³/mol. The summed E-state index contributed by atoms with van der Waals surface area (Å²) >= 11 is 0. The van der Waals surface area contributed by atoms with Gasteiger partial charge in [-0.2, -0.15) is 0 Å². The summed E-state index contributed by atoms with van der Waals surface area (Å²) in [5.41, 5.74) is 3.13. The molecular weight excluding hydrogens is 306 g/mol. The van der Waals surface area contributed by atoms with Gasteiger partial charge in [0.2, 0.25) is 0 Å². The molecule has 0 aromatic heterocycles. The van der Waals surface area contributed by atoms with E-state index in [1.165, 1.54) is 0 Å². The number of amides is 1. The minimum Gasteiger partial charge on any atom is -0.497 e. The first-order valence-electron chi connectivity index (χ1n) is 7.86. The molecular formula is C19H17NO4. The Bertz CT molecular complexity index is 841. The number of ether oxygens (including phenoxy) is 3. The Morgan fingerprint density at radius 2 is 1.92 bits per heavy atom. The summed E-state index contributed by atoms with van der Waals surface area (Å²) in [5, 5.41) is 2.87. The van der Waals surface area contributed by atoms with Crippen molar-refractivity contribution in [3.8, 4) is 17.2 Å².